The molecule has 0 bridgehead atoms. The van der Waals surface area contributed by atoms with Gasteiger partial charge < -0.3 is 4.90 Å². The summed E-state index contributed by atoms with van der Waals surface area (Å²) in [5.41, 5.74) is -0.325. The van der Waals surface area contributed by atoms with Crippen molar-refractivity contribution in [2.75, 3.05) is 30.2 Å². The molecule has 2 rings (SSSR count). The van der Waals surface area contributed by atoms with E-state index in [2.05, 4.69) is 0 Å². The highest BCUT2D eigenvalue weighted by Crippen LogP contribution is 2.23. The smallest absolute Gasteiger partial charge is 0.243 e. The number of hydrogen-bond acceptors (Lipinski definition) is 3. The van der Waals surface area contributed by atoms with Crippen LogP contribution >= 0.6 is 0 Å². The SMILES string of the molecule is CS(=O)(=O)N(CC(=O)N1CCCCC1)c1ccc(F)cc1F. The third-order valence-electron chi connectivity index (χ3n) is 3.57. The largest absolute Gasteiger partial charge is 0.341 e. The Labute approximate surface area is 128 Å². The fraction of sp³-hybridized carbons (Fsp3) is 0.500. The van der Waals surface area contributed by atoms with Gasteiger partial charge in [-0.1, -0.05) is 0 Å². The predicted octanol–water partition coefficient (Wildman–Crippen LogP) is 1.74. The topological polar surface area (TPSA) is 57.7 Å². The van der Waals surface area contributed by atoms with Crippen LogP contribution in [0.4, 0.5) is 14.5 Å². The number of carbonyl (C=O) groups excluding carboxylic acids is 1. The maximum Gasteiger partial charge on any atom is 0.243 e. The van der Waals surface area contributed by atoms with Gasteiger partial charge in [0.1, 0.15) is 18.2 Å². The van der Waals surface area contributed by atoms with E-state index < -0.39 is 28.2 Å². The highest BCUT2D eigenvalue weighted by atomic mass is 32.2. The van der Waals surface area contributed by atoms with Gasteiger partial charge in [0, 0.05) is 19.2 Å². The number of halogens is 2. The van der Waals surface area contributed by atoms with Gasteiger partial charge in [-0.25, -0.2) is 17.2 Å². The summed E-state index contributed by atoms with van der Waals surface area (Å²) in [6.45, 7) is 0.659. The molecule has 5 nitrogen and oxygen atoms in total. The van der Waals surface area contributed by atoms with Crippen molar-refractivity contribution in [1.82, 2.24) is 4.90 Å². The quantitative estimate of drug-likeness (QED) is 0.844. The normalized spacial score (nSPS) is 15.7. The van der Waals surface area contributed by atoms with E-state index in [1.54, 1.807) is 4.90 Å². The van der Waals surface area contributed by atoms with Gasteiger partial charge in [-0.15, -0.1) is 0 Å². The lowest BCUT2D eigenvalue weighted by Gasteiger charge is -2.30. The first-order chi connectivity index (χ1) is 10.3. The molecular formula is C14H18F2N2O3S. The number of sulfonamides is 1. The number of rotatable bonds is 4. The van der Waals surface area contributed by atoms with Crippen LogP contribution in [-0.2, 0) is 14.8 Å². The zero-order valence-corrected chi connectivity index (χ0v) is 13.1. The van der Waals surface area contributed by atoms with E-state index >= 15 is 0 Å². The van der Waals surface area contributed by atoms with Crippen LogP contribution in [0.5, 0.6) is 0 Å². The van der Waals surface area contributed by atoms with Crippen molar-refractivity contribution in [3.8, 4) is 0 Å². The van der Waals surface area contributed by atoms with Crippen molar-refractivity contribution >= 4 is 21.6 Å². The molecule has 0 N–H and O–H groups in total. The zero-order valence-electron chi connectivity index (χ0n) is 12.3. The fourth-order valence-corrected chi connectivity index (χ4v) is 3.28. The van der Waals surface area contributed by atoms with Gasteiger partial charge in [0.2, 0.25) is 15.9 Å². The molecule has 0 spiro atoms. The van der Waals surface area contributed by atoms with E-state index in [1.165, 1.54) is 0 Å². The molecule has 122 valence electrons. The van der Waals surface area contributed by atoms with E-state index in [0.717, 1.165) is 37.7 Å². The van der Waals surface area contributed by atoms with Gasteiger partial charge in [0.05, 0.1) is 11.9 Å². The minimum atomic E-state index is -3.86. The average Bonchev–Trinajstić information content (AvgIpc) is 2.45. The number of anilines is 1. The molecule has 1 fully saturated rings. The average molecular weight is 332 g/mol. The Morgan fingerprint density at radius 3 is 2.41 bits per heavy atom. The van der Waals surface area contributed by atoms with Crippen molar-refractivity contribution in [3.05, 3.63) is 29.8 Å². The fourth-order valence-electron chi connectivity index (χ4n) is 2.43. The van der Waals surface area contributed by atoms with Crippen molar-refractivity contribution in [2.45, 2.75) is 19.3 Å². The first-order valence-corrected chi connectivity index (χ1v) is 8.84. The Hall–Kier alpha value is -1.70. The van der Waals surface area contributed by atoms with Crippen molar-refractivity contribution in [3.63, 3.8) is 0 Å². The zero-order chi connectivity index (χ0) is 16.3. The van der Waals surface area contributed by atoms with Crippen molar-refractivity contribution in [2.24, 2.45) is 0 Å². The maximum absolute atomic E-state index is 13.9. The van der Waals surface area contributed by atoms with E-state index in [4.69, 9.17) is 0 Å². The highest BCUT2D eigenvalue weighted by Gasteiger charge is 2.26. The summed E-state index contributed by atoms with van der Waals surface area (Å²) in [4.78, 5) is 13.8. The van der Waals surface area contributed by atoms with Gasteiger partial charge in [0.25, 0.3) is 0 Å². The number of likely N-dealkylation sites (tertiary alicyclic amines) is 1. The Morgan fingerprint density at radius 2 is 1.86 bits per heavy atom. The van der Waals surface area contributed by atoms with Crippen LogP contribution in [0.1, 0.15) is 19.3 Å². The third kappa shape index (κ3) is 3.94. The molecular weight excluding hydrogens is 314 g/mol. The molecule has 1 amide bonds. The molecule has 1 saturated heterocycles. The highest BCUT2D eigenvalue weighted by molar-refractivity contribution is 7.92. The van der Waals surface area contributed by atoms with E-state index in [-0.39, 0.29) is 11.6 Å². The Morgan fingerprint density at radius 1 is 1.23 bits per heavy atom. The monoisotopic (exact) mass is 332 g/mol. The third-order valence-corrected chi connectivity index (χ3v) is 4.69. The van der Waals surface area contributed by atoms with E-state index in [9.17, 15) is 22.0 Å². The summed E-state index contributed by atoms with van der Waals surface area (Å²) in [7, 11) is -3.86. The molecule has 0 unspecified atom stereocenters. The minimum Gasteiger partial charge on any atom is -0.341 e. The van der Waals surface area contributed by atoms with Crippen LogP contribution in [0, 0.1) is 11.6 Å². The molecule has 0 saturated carbocycles. The lowest BCUT2D eigenvalue weighted by molar-refractivity contribution is -0.130. The molecule has 0 atom stereocenters. The molecule has 8 heteroatoms. The van der Waals surface area contributed by atoms with Crippen LogP contribution < -0.4 is 4.31 Å². The molecule has 1 aliphatic heterocycles. The summed E-state index contributed by atoms with van der Waals surface area (Å²) in [6, 6.07) is 2.58. The van der Waals surface area contributed by atoms with Gasteiger partial charge >= 0.3 is 0 Å². The first kappa shape index (κ1) is 16.7. The Kier molecular flexibility index (Phi) is 5.00. The number of nitrogens with zero attached hydrogens (tertiary/aromatic N) is 2. The molecule has 1 aliphatic rings. The lowest BCUT2D eigenvalue weighted by Crippen LogP contribution is -2.44. The van der Waals surface area contributed by atoms with Gasteiger partial charge in [-0.05, 0) is 31.4 Å². The van der Waals surface area contributed by atoms with Crippen molar-refractivity contribution < 1.29 is 22.0 Å². The lowest BCUT2D eigenvalue weighted by atomic mass is 10.1. The van der Waals surface area contributed by atoms with Crippen LogP contribution in [0.25, 0.3) is 0 Å². The summed E-state index contributed by atoms with van der Waals surface area (Å²) >= 11 is 0. The van der Waals surface area contributed by atoms with Crippen LogP contribution in [0.2, 0.25) is 0 Å². The number of amides is 1. The van der Waals surface area contributed by atoms with Crippen LogP contribution in [-0.4, -0.2) is 45.1 Å². The van der Waals surface area contributed by atoms with Gasteiger partial charge in [0.15, 0.2) is 0 Å². The summed E-state index contributed by atoms with van der Waals surface area (Å²) < 4.78 is 51.3. The second kappa shape index (κ2) is 6.60. The van der Waals surface area contributed by atoms with E-state index in [1.807, 2.05) is 0 Å². The van der Waals surface area contributed by atoms with Gasteiger partial charge in [-0.3, -0.25) is 9.10 Å². The molecule has 0 aliphatic carbocycles. The number of hydrogen-bond donors (Lipinski definition) is 0. The summed E-state index contributed by atoms with van der Waals surface area (Å²) in [6.07, 6.45) is 3.66. The molecule has 0 aromatic heterocycles. The summed E-state index contributed by atoms with van der Waals surface area (Å²) in [5, 5.41) is 0. The van der Waals surface area contributed by atoms with Gasteiger partial charge in [-0.2, -0.15) is 0 Å². The molecule has 1 aromatic rings. The summed E-state index contributed by atoms with van der Waals surface area (Å²) in [5.74, 6) is -2.21. The first-order valence-electron chi connectivity index (χ1n) is 6.99. The second-order valence-corrected chi connectivity index (χ2v) is 7.21. The molecule has 1 heterocycles. The number of piperidine rings is 1. The van der Waals surface area contributed by atoms with Crippen LogP contribution in [0.3, 0.4) is 0 Å². The van der Waals surface area contributed by atoms with Crippen LogP contribution in [0.15, 0.2) is 18.2 Å². The number of benzene rings is 1. The van der Waals surface area contributed by atoms with Crippen molar-refractivity contribution in [1.29, 1.82) is 0 Å². The Bertz CT molecular complexity index is 658. The maximum atomic E-state index is 13.9. The standard InChI is InChI=1S/C14H18F2N2O3S/c1-22(20,21)18(13-6-5-11(15)9-12(13)16)10-14(19)17-7-3-2-4-8-17/h5-6,9H,2-4,7-8,10H2,1H3. The van der Waals surface area contributed by atoms with E-state index in [0.29, 0.717) is 23.5 Å². The second-order valence-electron chi connectivity index (χ2n) is 5.31. The number of carbonyl (C=O) groups is 1. The molecule has 22 heavy (non-hydrogen) atoms. The Balaban J connectivity index is 2.25. The predicted molar refractivity (Wildman–Crippen MR) is 79.0 cm³/mol. The molecule has 1 aromatic carbocycles. The molecule has 0 radical (unpaired) electrons. The minimum absolute atomic E-state index is 0.325.